The number of aromatic nitrogens is 4. The number of thiazole rings is 1. The summed E-state index contributed by atoms with van der Waals surface area (Å²) < 4.78 is 5.59. The van der Waals surface area contributed by atoms with Gasteiger partial charge in [-0.15, -0.1) is 23.7 Å². The van der Waals surface area contributed by atoms with Crippen molar-refractivity contribution >= 4 is 23.7 Å². The maximum atomic E-state index is 5.59. The average Bonchev–Trinajstić information content (AvgIpc) is 3.21. The molecule has 0 radical (unpaired) electrons. The molecule has 1 aliphatic heterocycles. The van der Waals surface area contributed by atoms with Gasteiger partial charge in [0.25, 0.3) is 5.89 Å². The Morgan fingerprint density at radius 3 is 2.73 bits per heavy atom. The summed E-state index contributed by atoms with van der Waals surface area (Å²) in [5.74, 6) is 1.56. The summed E-state index contributed by atoms with van der Waals surface area (Å²) in [6.45, 7) is 10.1. The summed E-state index contributed by atoms with van der Waals surface area (Å²) in [5.41, 5.74) is 5.40. The number of halogens is 1. The van der Waals surface area contributed by atoms with Crippen LogP contribution in [-0.2, 0) is 13.0 Å². The fourth-order valence-corrected chi connectivity index (χ4v) is 4.14. The van der Waals surface area contributed by atoms with Crippen LogP contribution in [0.3, 0.4) is 0 Å². The highest BCUT2D eigenvalue weighted by Crippen LogP contribution is 2.35. The number of rotatable bonds is 3. The summed E-state index contributed by atoms with van der Waals surface area (Å²) in [4.78, 5) is 14.8. The summed E-state index contributed by atoms with van der Waals surface area (Å²) in [6.07, 6.45) is 2.90. The third kappa shape index (κ3) is 3.26. The summed E-state index contributed by atoms with van der Waals surface area (Å²) >= 11 is 1.63. The Hall–Kier alpha value is -1.83. The molecule has 0 saturated carbocycles. The van der Waals surface area contributed by atoms with Crippen molar-refractivity contribution in [3.63, 3.8) is 0 Å². The number of nitrogens with zero attached hydrogens (tertiary/aromatic N) is 4. The number of aryl methyl sites for hydroxylation is 2. The van der Waals surface area contributed by atoms with E-state index >= 15 is 0 Å². The Balaban J connectivity index is 0.00000196. The third-order valence-electron chi connectivity index (χ3n) is 4.48. The van der Waals surface area contributed by atoms with Crippen LogP contribution < -0.4 is 5.32 Å². The first-order valence-electron chi connectivity index (χ1n) is 8.54. The molecule has 3 aromatic rings. The molecule has 1 N–H and O–H groups in total. The van der Waals surface area contributed by atoms with Gasteiger partial charge in [0.05, 0.1) is 10.7 Å². The highest BCUT2D eigenvalue weighted by atomic mass is 35.5. The van der Waals surface area contributed by atoms with Crippen LogP contribution in [0.1, 0.15) is 47.3 Å². The molecular weight excluding hydrogens is 370 g/mol. The topological polar surface area (TPSA) is 76.7 Å². The Morgan fingerprint density at radius 1 is 1.19 bits per heavy atom. The Labute approximate surface area is 162 Å². The Bertz CT molecular complexity index is 934. The molecular formula is C18H22ClN5OS. The van der Waals surface area contributed by atoms with E-state index in [-0.39, 0.29) is 12.4 Å². The molecule has 0 atom stereocenters. The van der Waals surface area contributed by atoms with Crippen LogP contribution in [0.25, 0.3) is 22.2 Å². The molecule has 26 heavy (non-hydrogen) atoms. The molecule has 0 fully saturated rings. The molecule has 138 valence electrons. The van der Waals surface area contributed by atoms with Crippen molar-refractivity contribution in [1.29, 1.82) is 0 Å². The normalized spacial score (nSPS) is 13.6. The van der Waals surface area contributed by atoms with Gasteiger partial charge in [-0.25, -0.2) is 4.98 Å². The minimum Gasteiger partial charge on any atom is -0.333 e. The molecule has 0 aromatic carbocycles. The number of hydrogen-bond donors (Lipinski definition) is 1. The molecule has 0 amide bonds. The number of pyridine rings is 1. The van der Waals surface area contributed by atoms with E-state index in [1.54, 1.807) is 11.3 Å². The predicted molar refractivity (Wildman–Crippen MR) is 105 cm³/mol. The van der Waals surface area contributed by atoms with Crippen LogP contribution in [-0.4, -0.2) is 26.7 Å². The SMILES string of the molecule is Cc1nc(C(C)C)sc1-c1nc(-c2c(C)ncc3c2CCNC3)no1.Cl. The lowest BCUT2D eigenvalue weighted by Crippen LogP contribution is -2.24. The second kappa shape index (κ2) is 7.42. The van der Waals surface area contributed by atoms with E-state index in [1.807, 2.05) is 20.0 Å². The lowest BCUT2D eigenvalue weighted by atomic mass is 9.95. The zero-order chi connectivity index (χ0) is 17.6. The second-order valence-electron chi connectivity index (χ2n) is 6.69. The van der Waals surface area contributed by atoms with Gasteiger partial charge in [0.15, 0.2) is 0 Å². The molecule has 0 unspecified atom stereocenters. The first kappa shape index (κ1) is 18.9. The molecule has 4 heterocycles. The highest BCUT2D eigenvalue weighted by Gasteiger charge is 2.23. The zero-order valence-electron chi connectivity index (χ0n) is 15.3. The van der Waals surface area contributed by atoms with Gasteiger partial charge in [0.1, 0.15) is 4.88 Å². The van der Waals surface area contributed by atoms with Crippen molar-refractivity contribution in [2.75, 3.05) is 6.54 Å². The van der Waals surface area contributed by atoms with Gasteiger partial charge in [-0.05, 0) is 37.9 Å². The molecule has 1 aliphatic rings. The molecule has 0 spiro atoms. The molecule has 8 heteroatoms. The van der Waals surface area contributed by atoms with Gasteiger partial charge < -0.3 is 9.84 Å². The lowest BCUT2D eigenvalue weighted by molar-refractivity contribution is 0.432. The maximum absolute atomic E-state index is 5.59. The summed E-state index contributed by atoms with van der Waals surface area (Å²) in [5, 5.41) is 8.73. The molecule has 0 saturated heterocycles. The van der Waals surface area contributed by atoms with Crippen molar-refractivity contribution in [1.82, 2.24) is 25.4 Å². The van der Waals surface area contributed by atoms with Crippen molar-refractivity contribution in [3.05, 3.63) is 33.7 Å². The largest absolute Gasteiger partial charge is 0.333 e. The maximum Gasteiger partial charge on any atom is 0.270 e. The minimum absolute atomic E-state index is 0. The van der Waals surface area contributed by atoms with Gasteiger partial charge in [0, 0.05) is 29.9 Å². The quantitative estimate of drug-likeness (QED) is 0.725. The second-order valence-corrected chi connectivity index (χ2v) is 7.72. The smallest absolute Gasteiger partial charge is 0.270 e. The minimum atomic E-state index is 0. The lowest BCUT2D eigenvalue weighted by Gasteiger charge is -2.19. The first-order valence-corrected chi connectivity index (χ1v) is 9.36. The fraction of sp³-hybridized carbons (Fsp3) is 0.444. The van der Waals surface area contributed by atoms with Crippen LogP contribution in [0, 0.1) is 13.8 Å². The highest BCUT2D eigenvalue weighted by molar-refractivity contribution is 7.15. The van der Waals surface area contributed by atoms with E-state index in [2.05, 4.69) is 39.3 Å². The van der Waals surface area contributed by atoms with Gasteiger partial charge >= 0.3 is 0 Å². The van der Waals surface area contributed by atoms with Crippen molar-refractivity contribution in [3.8, 4) is 22.2 Å². The molecule has 6 nitrogen and oxygen atoms in total. The van der Waals surface area contributed by atoms with E-state index in [4.69, 9.17) is 4.52 Å². The van der Waals surface area contributed by atoms with Crippen molar-refractivity contribution < 1.29 is 4.52 Å². The predicted octanol–water partition coefficient (Wildman–Crippen LogP) is 4.06. The summed E-state index contributed by atoms with van der Waals surface area (Å²) in [7, 11) is 0. The first-order chi connectivity index (χ1) is 12.0. The van der Waals surface area contributed by atoms with Gasteiger partial charge in [-0.1, -0.05) is 19.0 Å². The van der Waals surface area contributed by atoms with Crippen LogP contribution in [0.15, 0.2) is 10.7 Å². The van der Waals surface area contributed by atoms with Gasteiger partial charge in [-0.3, -0.25) is 4.98 Å². The van der Waals surface area contributed by atoms with E-state index in [0.29, 0.717) is 17.6 Å². The molecule has 0 bridgehead atoms. The van der Waals surface area contributed by atoms with Crippen LogP contribution in [0.2, 0.25) is 0 Å². The Kier molecular flexibility index (Phi) is 5.41. The Morgan fingerprint density at radius 2 is 2.00 bits per heavy atom. The van der Waals surface area contributed by atoms with Crippen LogP contribution in [0.4, 0.5) is 0 Å². The van der Waals surface area contributed by atoms with Gasteiger partial charge in [-0.2, -0.15) is 4.98 Å². The van der Waals surface area contributed by atoms with Crippen molar-refractivity contribution in [2.45, 2.75) is 46.6 Å². The number of hydrogen-bond acceptors (Lipinski definition) is 7. The fourth-order valence-electron chi connectivity index (χ4n) is 3.15. The van der Waals surface area contributed by atoms with E-state index < -0.39 is 0 Å². The number of fused-ring (bicyclic) bond motifs is 1. The third-order valence-corrected chi connectivity index (χ3v) is 5.93. The van der Waals surface area contributed by atoms with E-state index in [1.165, 1.54) is 11.1 Å². The van der Waals surface area contributed by atoms with Crippen LogP contribution in [0.5, 0.6) is 0 Å². The summed E-state index contributed by atoms with van der Waals surface area (Å²) in [6, 6.07) is 0. The molecule has 0 aliphatic carbocycles. The van der Waals surface area contributed by atoms with E-state index in [9.17, 15) is 0 Å². The molecule has 3 aromatic heterocycles. The van der Waals surface area contributed by atoms with Gasteiger partial charge in [0.2, 0.25) is 5.82 Å². The average molecular weight is 392 g/mol. The van der Waals surface area contributed by atoms with Crippen LogP contribution >= 0.6 is 23.7 Å². The number of nitrogens with one attached hydrogen (secondary N) is 1. The van der Waals surface area contributed by atoms with Crippen molar-refractivity contribution in [2.24, 2.45) is 0 Å². The monoisotopic (exact) mass is 391 g/mol. The zero-order valence-corrected chi connectivity index (χ0v) is 16.9. The molecule has 4 rings (SSSR count). The standard InChI is InChI=1S/C18H21N5OS.ClH/c1-9(2)18-21-11(4)15(25-18)17-22-16(23-24-17)14-10(3)20-8-12-7-19-6-5-13(12)14;/h8-9,19H,5-7H2,1-4H3;1H. The van der Waals surface area contributed by atoms with E-state index in [0.717, 1.165) is 46.3 Å².